The molecule has 1 aliphatic carbocycles. The average Bonchev–Trinajstić information content (AvgIpc) is 2.20. The first kappa shape index (κ1) is 10.7. The fourth-order valence-corrected chi connectivity index (χ4v) is 3.74. The van der Waals surface area contributed by atoms with Crippen molar-refractivity contribution in [3.05, 3.63) is 0 Å². The fourth-order valence-electron chi connectivity index (χ4n) is 3.74. The van der Waals surface area contributed by atoms with E-state index >= 15 is 0 Å². The summed E-state index contributed by atoms with van der Waals surface area (Å²) in [6, 6.07) is 0. The molecule has 0 aromatic heterocycles. The summed E-state index contributed by atoms with van der Waals surface area (Å²) in [4.78, 5) is 23.2. The molecule has 2 fully saturated rings. The van der Waals surface area contributed by atoms with Crippen molar-refractivity contribution in [2.75, 3.05) is 0 Å². The largest absolute Gasteiger partial charge is 0.296 e. The first-order chi connectivity index (χ1) is 6.83. The quantitative estimate of drug-likeness (QED) is 0.619. The van der Waals surface area contributed by atoms with Crippen LogP contribution >= 0.6 is 0 Å². The number of amides is 2. The second-order valence-electron chi connectivity index (χ2n) is 6.19. The summed E-state index contributed by atoms with van der Waals surface area (Å²) in [5.41, 5.74) is -0.210. The number of nitrogens with one attached hydrogen (secondary N) is 1. The van der Waals surface area contributed by atoms with Gasteiger partial charge in [-0.25, -0.2) is 0 Å². The Morgan fingerprint density at radius 1 is 1.27 bits per heavy atom. The van der Waals surface area contributed by atoms with Crippen molar-refractivity contribution in [3.63, 3.8) is 0 Å². The highest BCUT2D eigenvalue weighted by atomic mass is 16.2. The van der Waals surface area contributed by atoms with E-state index in [0.717, 1.165) is 19.3 Å². The highest BCUT2D eigenvalue weighted by Gasteiger charge is 2.52. The van der Waals surface area contributed by atoms with E-state index in [1.165, 1.54) is 0 Å². The van der Waals surface area contributed by atoms with Gasteiger partial charge in [-0.15, -0.1) is 0 Å². The monoisotopic (exact) mass is 209 g/mol. The highest BCUT2D eigenvalue weighted by Crippen LogP contribution is 2.51. The van der Waals surface area contributed by atoms with E-state index in [1.807, 2.05) is 0 Å². The zero-order valence-corrected chi connectivity index (χ0v) is 9.72. The maximum Gasteiger partial charge on any atom is 0.233 e. The topological polar surface area (TPSA) is 46.2 Å². The molecule has 2 atom stereocenters. The van der Waals surface area contributed by atoms with Crippen LogP contribution in [0.25, 0.3) is 0 Å². The van der Waals surface area contributed by atoms with Crippen LogP contribution in [0, 0.1) is 16.7 Å². The van der Waals surface area contributed by atoms with Gasteiger partial charge in [-0.3, -0.25) is 14.9 Å². The summed E-state index contributed by atoms with van der Waals surface area (Å²) in [6.45, 7) is 6.57. The first-order valence-corrected chi connectivity index (χ1v) is 5.67. The second-order valence-corrected chi connectivity index (χ2v) is 6.19. The number of imide groups is 1. The zero-order chi connectivity index (χ0) is 11.3. The third kappa shape index (κ3) is 1.80. The van der Waals surface area contributed by atoms with Crippen molar-refractivity contribution in [1.82, 2.24) is 5.32 Å². The maximum atomic E-state index is 11.9. The molecule has 1 spiro atoms. The Morgan fingerprint density at radius 3 is 2.40 bits per heavy atom. The lowest BCUT2D eigenvalue weighted by Gasteiger charge is -2.43. The lowest BCUT2D eigenvalue weighted by atomic mass is 9.59. The van der Waals surface area contributed by atoms with Crippen LogP contribution in [-0.2, 0) is 9.59 Å². The van der Waals surface area contributed by atoms with Gasteiger partial charge in [0, 0.05) is 6.42 Å². The molecule has 0 unspecified atom stereocenters. The maximum absolute atomic E-state index is 11.9. The van der Waals surface area contributed by atoms with Crippen molar-refractivity contribution in [1.29, 1.82) is 0 Å². The molecule has 2 rings (SSSR count). The van der Waals surface area contributed by atoms with Crippen molar-refractivity contribution in [2.45, 2.75) is 46.5 Å². The standard InChI is InChI=1S/C12H19NO2/c1-8-4-11(2,3)7-12(5-8)6-9(14)13-10(12)15/h8H,4-7H2,1-3H3,(H,13,14,15)/t8-,12+/m1/s1. The molecule has 15 heavy (non-hydrogen) atoms. The van der Waals surface area contributed by atoms with Gasteiger partial charge in [0.05, 0.1) is 5.41 Å². The van der Waals surface area contributed by atoms with E-state index in [9.17, 15) is 9.59 Å². The van der Waals surface area contributed by atoms with Gasteiger partial charge in [-0.05, 0) is 30.6 Å². The molecule has 1 aliphatic heterocycles. The van der Waals surface area contributed by atoms with Gasteiger partial charge in [-0.1, -0.05) is 20.8 Å². The Morgan fingerprint density at radius 2 is 1.93 bits per heavy atom. The molecule has 1 saturated carbocycles. The summed E-state index contributed by atoms with van der Waals surface area (Å²) in [5.74, 6) is 0.405. The molecule has 3 nitrogen and oxygen atoms in total. The van der Waals surface area contributed by atoms with Gasteiger partial charge in [0.1, 0.15) is 0 Å². The summed E-state index contributed by atoms with van der Waals surface area (Å²) in [6.07, 6.45) is 3.27. The summed E-state index contributed by atoms with van der Waals surface area (Å²) in [5, 5.41) is 2.46. The summed E-state index contributed by atoms with van der Waals surface area (Å²) >= 11 is 0. The minimum atomic E-state index is -0.391. The molecular formula is C12H19NO2. The lowest BCUT2D eigenvalue weighted by molar-refractivity contribution is -0.132. The van der Waals surface area contributed by atoms with E-state index in [0.29, 0.717) is 12.3 Å². The predicted molar refractivity (Wildman–Crippen MR) is 57.0 cm³/mol. The molecule has 0 radical (unpaired) electrons. The molecule has 1 saturated heterocycles. The van der Waals surface area contributed by atoms with Crippen LogP contribution in [0.3, 0.4) is 0 Å². The molecule has 0 aromatic carbocycles. The smallest absolute Gasteiger partial charge is 0.233 e. The number of carbonyl (C=O) groups excluding carboxylic acids is 2. The van der Waals surface area contributed by atoms with Gasteiger partial charge >= 0.3 is 0 Å². The molecule has 1 heterocycles. The lowest BCUT2D eigenvalue weighted by Crippen LogP contribution is -2.41. The van der Waals surface area contributed by atoms with Crippen LogP contribution in [0.5, 0.6) is 0 Å². The number of rotatable bonds is 0. The number of hydrogen-bond donors (Lipinski definition) is 1. The summed E-state index contributed by atoms with van der Waals surface area (Å²) < 4.78 is 0. The van der Waals surface area contributed by atoms with Crippen LogP contribution in [0.15, 0.2) is 0 Å². The van der Waals surface area contributed by atoms with E-state index in [1.54, 1.807) is 0 Å². The van der Waals surface area contributed by atoms with Crippen LogP contribution in [-0.4, -0.2) is 11.8 Å². The zero-order valence-electron chi connectivity index (χ0n) is 9.72. The Balaban J connectivity index is 2.28. The Labute approximate surface area is 90.6 Å². The van der Waals surface area contributed by atoms with E-state index in [-0.39, 0.29) is 17.2 Å². The molecule has 0 bridgehead atoms. The molecular weight excluding hydrogens is 190 g/mol. The molecule has 1 N–H and O–H groups in total. The van der Waals surface area contributed by atoms with Crippen molar-refractivity contribution < 1.29 is 9.59 Å². The average molecular weight is 209 g/mol. The normalized spacial score (nSPS) is 39.5. The molecule has 0 aromatic rings. The van der Waals surface area contributed by atoms with Crippen LogP contribution in [0.1, 0.15) is 46.5 Å². The van der Waals surface area contributed by atoms with Gasteiger partial charge < -0.3 is 0 Å². The first-order valence-electron chi connectivity index (χ1n) is 5.67. The minimum Gasteiger partial charge on any atom is -0.296 e. The third-order valence-electron chi connectivity index (χ3n) is 3.69. The highest BCUT2D eigenvalue weighted by molar-refractivity contribution is 6.05. The van der Waals surface area contributed by atoms with Crippen LogP contribution in [0.2, 0.25) is 0 Å². The van der Waals surface area contributed by atoms with Crippen LogP contribution < -0.4 is 5.32 Å². The van der Waals surface area contributed by atoms with Crippen molar-refractivity contribution in [3.8, 4) is 0 Å². The Kier molecular flexibility index (Phi) is 2.18. The fraction of sp³-hybridized carbons (Fsp3) is 0.833. The van der Waals surface area contributed by atoms with Gasteiger partial charge in [-0.2, -0.15) is 0 Å². The third-order valence-corrected chi connectivity index (χ3v) is 3.69. The molecule has 2 aliphatic rings. The Bertz CT molecular complexity index is 322. The van der Waals surface area contributed by atoms with Gasteiger partial charge in [0.2, 0.25) is 11.8 Å². The van der Waals surface area contributed by atoms with Crippen molar-refractivity contribution >= 4 is 11.8 Å². The van der Waals surface area contributed by atoms with Crippen LogP contribution in [0.4, 0.5) is 0 Å². The van der Waals surface area contributed by atoms with E-state index < -0.39 is 5.41 Å². The second kappa shape index (κ2) is 3.06. The molecule has 3 heteroatoms. The molecule has 2 amide bonds. The van der Waals surface area contributed by atoms with Crippen molar-refractivity contribution in [2.24, 2.45) is 16.7 Å². The SMILES string of the molecule is C[C@@H]1CC(C)(C)C[C@@]2(CC(=O)NC2=O)C1. The minimum absolute atomic E-state index is 0.0351. The van der Waals surface area contributed by atoms with Gasteiger partial charge in [0.15, 0.2) is 0 Å². The summed E-state index contributed by atoms with van der Waals surface area (Å²) in [7, 11) is 0. The number of carbonyl (C=O) groups is 2. The van der Waals surface area contributed by atoms with Gasteiger partial charge in [0.25, 0.3) is 0 Å². The Hall–Kier alpha value is -0.860. The van der Waals surface area contributed by atoms with E-state index in [2.05, 4.69) is 26.1 Å². The van der Waals surface area contributed by atoms with E-state index in [4.69, 9.17) is 0 Å². The molecule has 84 valence electrons. The predicted octanol–water partition coefficient (Wildman–Crippen LogP) is 1.87. The number of hydrogen-bond acceptors (Lipinski definition) is 2.